The van der Waals surface area contributed by atoms with Crippen LogP contribution in [0.25, 0.3) is 0 Å². The molecule has 0 bridgehead atoms. The third-order valence-electron chi connectivity index (χ3n) is 2.45. The number of Topliss-reactive ketones (excluding diaryl/α,β-unsaturated/α-hetero) is 1. The lowest BCUT2D eigenvalue weighted by Crippen LogP contribution is -1.97. The van der Waals surface area contributed by atoms with Crippen LogP contribution in [0.4, 0.5) is 0 Å². The highest BCUT2D eigenvalue weighted by atomic mass is 16.5. The number of carbonyl (C=O) groups excluding carboxylic acids is 1. The molecule has 0 unspecified atom stereocenters. The monoisotopic (exact) mass is 187 g/mol. The predicted octanol–water partition coefficient (Wildman–Crippen LogP) is 1.70. The van der Waals surface area contributed by atoms with Gasteiger partial charge in [-0.25, -0.2) is 0 Å². The Morgan fingerprint density at radius 3 is 2.86 bits per heavy atom. The van der Waals surface area contributed by atoms with E-state index in [1.807, 2.05) is 12.1 Å². The largest absolute Gasteiger partial charge is 0.497 e. The first-order valence-electron chi connectivity index (χ1n) is 4.40. The lowest BCUT2D eigenvalue weighted by molar-refractivity contribution is 0.0994. The second-order valence-corrected chi connectivity index (χ2v) is 3.24. The van der Waals surface area contributed by atoms with Crippen LogP contribution in [-0.2, 0) is 6.42 Å². The van der Waals surface area contributed by atoms with E-state index in [1.165, 1.54) is 0 Å². The number of aryl methyl sites for hydroxylation is 1. The Kier molecular flexibility index (Phi) is 1.97. The van der Waals surface area contributed by atoms with Gasteiger partial charge in [-0.2, -0.15) is 5.26 Å². The van der Waals surface area contributed by atoms with Gasteiger partial charge in [0.2, 0.25) is 0 Å². The highest BCUT2D eigenvalue weighted by Crippen LogP contribution is 2.29. The Morgan fingerprint density at radius 1 is 1.43 bits per heavy atom. The van der Waals surface area contributed by atoms with Gasteiger partial charge in [0.1, 0.15) is 11.8 Å². The van der Waals surface area contributed by atoms with E-state index in [1.54, 1.807) is 13.2 Å². The zero-order valence-electron chi connectivity index (χ0n) is 7.83. The molecule has 70 valence electrons. The minimum Gasteiger partial charge on any atom is -0.497 e. The van der Waals surface area contributed by atoms with Crippen LogP contribution in [0.5, 0.6) is 5.75 Å². The number of benzene rings is 1. The van der Waals surface area contributed by atoms with Gasteiger partial charge in [-0.1, -0.05) is 0 Å². The molecule has 1 aromatic rings. The van der Waals surface area contributed by atoms with E-state index >= 15 is 0 Å². The highest BCUT2D eigenvalue weighted by Gasteiger charge is 2.23. The molecule has 0 saturated carbocycles. The maximum atomic E-state index is 11.5. The van der Waals surface area contributed by atoms with Gasteiger partial charge < -0.3 is 4.74 Å². The first-order chi connectivity index (χ1) is 6.76. The summed E-state index contributed by atoms with van der Waals surface area (Å²) in [5.74, 6) is 0.717. The molecule has 0 N–H and O–H groups in total. The molecular formula is C11H9NO2. The fourth-order valence-corrected chi connectivity index (χ4v) is 1.78. The van der Waals surface area contributed by atoms with Crippen molar-refractivity contribution in [2.45, 2.75) is 12.8 Å². The number of carbonyl (C=O) groups is 1. The van der Waals surface area contributed by atoms with Crippen LogP contribution in [0, 0.1) is 11.3 Å². The van der Waals surface area contributed by atoms with E-state index in [0.29, 0.717) is 23.3 Å². The van der Waals surface area contributed by atoms with Crippen molar-refractivity contribution in [1.82, 2.24) is 0 Å². The molecule has 0 heterocycles. The Morgan fingerprint density at radius 2 is 2.21 bits per heavy atom. The standard InChI is InChI=1S/C11H9NO2/c1-14-9-4-7-2-3-10(13)11(7)8(5-9)6-12/h4-5H,2-3H2,1H3. The van der Waals surface area contributed by atoms with Crippen LogP contribution in [0.1, 0.15) is 27.9 Å². The third kappa shape index (κ3) is 1.16. The van der Waals surface area contributed by atoms with Gasteiger partial charge in [-0.3, -0.25) is 4.79 Å². The van der Waals surface area contributed by atoms with Gasteiger partial charge in [0, 0.05) is 12.0 Å². The molecular weight excluding hydrogens is 178 g/mol. The molecule has 1 aliphatic carbocycles. The topological polar surface area (TPSA) is 50.1 Å². The molecule has 2 rings (SSSR count). The second kappa shape index (κ2) is 3.15. The predicted molar refractivity (Wildman–Crippen MR) is 50.4 cm³/mol. The first kappa shape index (κ1) is 8.76. The van der Waals surface area contributed by atoms with Gasteiger partial charge >= 0.3 is 0 Å². The molecule has 1 aromatic carbocycles. The van der Waals surface area contributed by atoms with Crippen molar-refractivity contribution in [3.05, 3.63) is 28.8 Å². The zero-order valence-corrected chi connectivity index (χ0v) is 7.83. The number of nitrogens with zero attached hydrogens (tertiary/aromatic N) is 1. The van der Waals surface area contributed by atoms with Gasteiger partial charge in [0.25, 0.3) is 0 Å². The molecule has 0 aliphatic heterocycles. The SMILES string of the molecule is COc1cc(C#N)c2c(c1)CCC2=O. The maximum absolute atomic E-state index is 11.5. The number of methoxy groups -OCH3 is 1. The molecule has 0 spiro atoms. The van der Waals surface area contributed by atoms with E-state index in [9.17, 15) is 4.79 Å². The Balaban J connectivity index is 2.66. The molecule has 1 aliphatic rings. The molecule has 14 heavy (non-hydrogen) atoms. The summed E-state index contributed by atoms with van der Waals surface area (Å²) in [6, 6.07) is 5.48. The molecule has 0 radical (unpaired) electrons. The first-order valence-corrected chi connectivity index (χ1v) is 4.40. The summed E-state index contributed by atoms with van der Waals surface area (Å²) in [5, 5.41) is 8.88. The minimum atomic E-state index is 0.0687. The normalized spacial score (nSPS) is 13.6. The number of nitriles is 1. The van der Waals surface area contributed by atoms with E-state index in [0.717, 1.165) is 12.0 Å². The van der Waals surface area contributed by atoms with Crippen molar-refractivity contribution in [3.63, 3.8) is 0 Å². The van der Waals surface area contributed by atoms with Crippen molar-refractivity contribution in [3.8, 4) is 11.8 Å². The second-order valence-electron chi connectivity index (χ2n) is 3.24. The fourth-order valence-electron chi connectivity index (χ4n) is 1.78. The molecule has 0 saturated heterocycles. The van der Waals surface area contributed by atoms with Gasteiger partial charge in [-0.05, 0) is 24.1 Å². The average molecular weight is 187 g/mol. The summed E-state index contributed by atoms with van der Waals surface area (Å²) in [5.41, 5.74) is 1.96. The van der Waals surface area contributed by atoms with Crippen LogP contribution in [0.3, 0.4) is 0 Å². The Hall–Kier alpha value is -1.82. The molecule has 0 aromatic heterocycles. The molecule has 0 atom stereocenters. The quantitative estimate of drug-likeness (QED) is 0.672. The van der Waals surface area contributed by atoms with Crippen molar-refractivity contribution >= 4 is 5.78 Å². The van der Waals surface area contributed by atoms with Crippen molar-refractivity contribution in [2.24, 2.45) is 0 Å². The lowest BCUT2D eigenvalue weighted by atomic mass is 10.0. The van der Waals surface area contributed by atoms with Gasteiger partial charge in [-0.15, -0.1) is 0 Å². The van der Waals surface area contributed by atoms with Crippen LogP contribution in [0.2, 0.25) is 0 Å². The molecule has 3 heteroatoms. The zero-order chi connectivity index (χ0) is 10.1. The number of hydrogen-bond acceptors (Lipinski definition) is 3. The van der Waals surface area contributed by atoms with E-state index in [-0.39, 0.29) is 5.78 Å². The van der Waals surface area contributed by atoms with Crippen molar-refractivity contribution in [2.75, 3.05) is 7.11 Å². The summed E-state index contributed by atoms with van der Waals surface area (Å²) in [7, 11) is 1.56. The summed E-state index contributed by atoms with van der Waals surface area (Å²) < 4.78 is 5.05. The molecule has 0 fully saturated rings. The van der Waals surface area contributed by atoms with Gasteiger partial charge in [0.05, 0.1) is 12.7 Å². The van der Waals surface area contributed by atoms with Crippen LogP contribution in [0.15, 0.2) is 12.1 Å². The van der Waals surface area contributed by atoms with E-state index < -0.39 is 0 Å². The molecule has 0 amide bonds. The Labute approximate surface area is 81.9 Å². The third-order valence-corrected chi connectivity index (χ3v) is 2.45. The number of hydrogen-bond donors (Lipinski definition) is 0. The van der Waals surface area contributed by atoms with Crippen LogP contribution < -0.4 is 4.74 Å². The van der Waals surface area contributed by atoms with Crippen molar-refractivity contribution in [1.29, 1.82) is 5.26 Å². The minimum absolute atomic E-state index is 0.0687. The van der Waals surface area contributed by atoms with Crippen molar-refractivity contribution < 1.29 is 9.53 Å². The van der Waals surface area contributed by atoms with E-state index in [4.69, 9.17) is 10.00 Å². The summed E-state index contributed by atoms with van der Waals surface area (Å²) in [6.45, 7) is 0. The number of rotatable bonds is 1. The summed E-state index contributed by atoms with van der Waals surface area (Å²) >= 11 is 0. The fraction of sp³-hybridized carbons (Fsp3) is 0.273. The Bertz CT molecular complexity index is 443. The maximum Gasteiger partial charge on any atom is 0.164 e. The number of fused-ring (bicyclic) bond motifs is 1. The highest BCUT2D eigenvalue weighted by molar-refractivity contribution is 6.02. The van der Waals surface area contributed by atoms with E-state index in [2.05, 4.69) is 0 Å². The van der Waals surface area contributed by atoms with Crippen LogP contribution >= 0.6 is 0 Å². The number of ether oxygens (including phenoxy) is 1. The van der Waals surface area contributed by atoms with Gasteiger partial charge in [0.15, 0.2) is 5.78 Å². The summed E-state index contributed by atoms with van der Waals surface area (Å²) in [4.78, 5) is 11.5. The summed E-state index contributed by atoms with van der Waals surface area (Å²) in [6.07, 6.45) is 1.23. The molecule has 3 nitrogen and oxygen atoms in total. The number of ketones is 1. The average Bonchev–Trinajstić information content (AvgIpc) is 2.59. The lowest BCUT2D eigenvalue weighted by Gasteiger charge is -2.04. The smallest absolute Gasteiger partial charge is 0.164 e. The van der Waals surface area contributed by atoms with Crippen LogP contribution in [-0.4, -0.2) is 12.9 Å².